The zero-order chi connectivity index (χ0) is 22.8. The number of thioether (sulfide) groups is 1. The summed E-state index contributed by atoms with van der Waals surface area (Å²) < 4.78 is 9.87. The lowest BCUT2D eigenvalue weighted by atomic mass is 10.1. The molecule has 0 unspecified atom stereocenters. The molecule has 3 aromatic rings. The largest absolute Gasteiger partial charge is 0.482 e. The van der Waals surface area contributed by atoms with E-state index in [-0.39, 0.29) is 12.5 Å². The highest BCUT2D eigenvalue weighted by molar-refractivity contribution is 7.98. The number of hydrogen-bond acceptors (Lipinski definition) is 6. The summed E-state index contributed by atoms with van der Waals surface area (Å²) in [6, 6.07) is 22.0. The number of benzene rings is 3. The van der Waals surface area contributed by atoms with Crippen LogP contribution in [0.25, 0.3) is 0 Å². The summed E-state index contributed by atoms with van der Waals surface area (Å²) >= 11 is 7.60. The Morgan fingerprint density at radius 1 is 1.06 bits per heavy atom. The number of halogens is 1. The molecule has 0 saturated heterocycles. The molecule has 0 heterocycles. The van der Waals surface area contributed by atoms with Crippen molar-refractivity contribution in [3.8, 4) is 5.75 Å². The van der Waals surface area contributed by atoms with Gasteiger partial charge >= 0.3 is 5.97 Å². The van der Waals surface area contributed by atoms with Gasteiger partial charge in [-0.25, -0.2) is 10.2 Å². The Morgan fingerprint density at radius 2 is 1.81 bits per heavy atom. The molecule has 1 amide bonds. The van der Waals surface area contributed by atoms with Gasteiger partial charge in [0.25, 0.3) is 5.91 Å². The Hall–Kier alpha value is -3.29. The lowest BCUT2D eigenvalue weighted by Gasteiger charge is -2.05. The first kappa shape index (κ1) is 23.4. The van der Waals surface area contributed by atoms with Gasteiger partial charge in [0, 0.05) is 21.2 Å². The minimum absolute atomic E-state index is 0.179. The third kappa shape index (κ3) is 7.44. The van der Waals surface area contributed by atoms with Crippen LogP contribution in [0.15, 0.2) is 82.8 Å². The number of esters is 1. The van der Waals surface area contributed by atoms with E-state index < -0.39 is 5.97 Å². The Labute approximate surface area is 195 Å². The molecule has 0 aliphatic rings. The van der Waals surface area contributed by atoms with Gasteiger partial charge in [0.2, 0.25) is 0 Å². The van der Waals surface area contributed by atoms with Crippen LogP contribution in [0.3, 0.4) is 0 Å². The van der Waals surface area contributed by atoms with Crippen LogP contribution in [0.4, 0.5) is 0 Å². The van der Waals surface area contributed by atoms with Gasteiger partial charge in [-0.1, -0.05) is 35.9 Å². The molecule has 0 radical (unpaired) electrons. The molecule has 8 heteroatoms. The molecule has 164 valence electrons. The number of nitrogens with one attached hydrogen (secondary N) is 1. The summed E-state index contributed by atoms with van der Waals surface area (Å²) in [6.07, 6.45) is 1.50. The number of nitrogens with zero attached hydrogens (tertiary/aromatic N) is 1. The van der Waals surface area contributed by atoms with Gasteiger partial charge < -0.3 is 9.47 Å². The lowest BCUT2D eigenvalue weighted by molar-refractivity contribution is -0.142. The van der Waals surface area contributed by atoms with Gasteiger partial charge in [-0.3, -0.25) is 4.79 Å². The van der Waals surface area contributed by atoms with Crippen molar-refractivity contribution >= 4 is 41.5 Å². The van der Waals surface area contributed by atoms with Crippen LogP contribution in [-0.4, -0.2) is 31.8 Å². The molecule has 0 aliphatic heterocycles. The van der Waals surface area contributed by atoms with E-state index in [4.69, 9.17) is 16.3 Å². The maximum atomic E-state index is 12.3. The predicted molar refractivity (Wildman–Crippen MR) is 126 cm³/mol. The fraction of sp³-hybridized carbons (Fsp3) is 0.125. The fourth-order valence-corrected chi connectivity index (χ4v) is 3.55. The average molecular weight is 469 g/mol. The normalized spacial score (nSPS) is 10.7. The number of ether oxygens (including phenoxy) is 2. The van der Waals surface area contributed by atoms with Crippen molar-refractivity contribution in [1.29, 1.82) is 0 Å². The third-order valence-electron chi connectivity index (χ3n) is 4.26. The number of rotatable bonds is 9. The lowest BCUT2D eigenvalue weighted by Crippen LogP contribution is -2.17. The van der Waals surface area contributed by atoms with Crippen molar-refractivity contribution < 1.29 is 19.1 Å². The smallest absolute Gasteiger partial charge is 0.343 e. The number of carbonyl (C=O) groups excluding carboxylic acids is 2. The summed E-state index contributed by atoms with van der Waals surface area (Å²) in [7, 11) is 1.30. The third-order valence-corrected chi connectivity index (χ3v) is 5.59. The predicted octanol–water partition coefficient (Wildman–Crippen LogP) is 4.95. The first-order chi connectivity index (χ1) is 15.5. The summed E-state index contributed by atoms with van der Waals surface area (Å²) in [5.41, 5.74) is 4.83. The maximum absolute atomic E-state index is 12.3. The molecule has 0 fully saturated rings. The quantitative estimate of drug-likeness (QED) is 0.208. The topological polar surface area (TPSA) is 77.0 Å². The number of amides is 1. The van der Waals surface area contributed by atoms with E-state index in [9.17, 15) is 9.59 Å². The summed E-state index contributed by atoms with van der Waals surface area (Å²) in [5, 5.41) is 4.70. The fourth-order valence-electron chi connectivity index (χ4n) is 2.57. The number of methoxy groups -OCH3 is 1. The van der Waals surface area contributed by atoms with Crippen molar-refractivity contribution in [2.75, 3.05) is 13.7 Å². The molecule has 0 bridgehead atoms. The van der Waals surface area contributed by atoms with Crippen LogP contribution >= 0.6 is 23.4 Å². The van der Waals surface area contributed by atoms with E-state index in [1.807, 2.05) is 36.4 Å². The van der Waals surface area contributed by atoms with E-state index >= 15 is 0 Å². The molecule has 1 N–H and O–H groups in total. The standard InChI is InChI=1S/C24H21ClN2O4S/c1-30-23(28)15-31-21-4-2-3-18(13-21)14-26-27-24(29)19-7-5-17(6-8-19)16-32-22-11-9-20(25)10-12-22/h2-14H,15-16H2,1H3,(H,27,29)/b26-14+. The zero-order valence-electron chi connectivity index (χ0n) is 17.3. The van der Waals surface area contributed by atoms with Crippen LogP contribution in [0.1, 0.15) is 21.5 Å². The molecule has 0 atom stereocenters. The SMILES string of the molecule is COC(=O)COc1cccc(/C=N/NC(=O)c2ccc(CSc3ccc(Cl)cc3)cc2)c1. The Balaban J connectivity index is 1.49. The summed E-state index contributed by atoms with van der Waals surface area (Å²) in [6.45, 7) is -0.179. The summed E-state index contributed by atoms with van der Waals surface area (Å²) in [5.74, 6) is 0.510. The number of hydrazone groups is 1. The second-order valence-electron chi connectivity index (χ2n) is 6.58. The summed E-state index contributed by atoms with van der Waals surface area (Å²) in [4.78, 5) is 24.6. The molecule has 0 aliphatic carbocycles. The van der Waals surface area contributed by atoms with Gasteiger partial charge in [0.05, 0.1) is 13.3 Å². The monoisotopic (exact) mass is 468 g/mol. The van der Waals surface area contributed by atoms with Crippen molar-refractivity contribution in [1.82, 2.24) is 5.43 Å². The van der Waals surface area contributed by atoms with Crippen molar-refractivity contribution in [3.05, 3.63) is 94.5 Å². The number of hydrogen-bond donors (Lipinski definition) is 1. The molecule has 0 spiro atoms. The Kier molecular flexibility index (Phi) is 8.71. The van der Waals surface area contributed by atoms with Crippen LogP contribution in [0.5, 0.6) is 5.75 Å². The molecule has 6 nitrogen and oxygen atoms in total. The van der Waals surface area contributed by atoms with E-state index in [1.165, 1.54) is 13.3 Å². The van der Waals surface area contributed by atoms with Crippen LogP contribution in [0, 0.1) is 0 Å². The minimum Gasteiger partial charge on any atom is -0.482 e. The molecule has 0 aromatic heterocycles. The first-order valence-electron chi connectivity index (χ1n) is 9.64. The molecule has 32 heavy (non-hydrogen) atoms. The highest BCUT2D eigenvalue weighted by atomic mass is 35.5. The van der Waals surface area contributed by atoms with Gasteiger partial charge in [-0.2, -0.15) is 5.10 Å². The second-order valence-corrected chi connectivity index (χ2v) is 8.06. The highest BCUT2D eigenvalue weighted by Crippen LogP contribution is 2.24. The van der Waals surface area contributed by atoms with Crippen molar-refractivity contribution in [2.45, 2.75) is 10.6 Å². The van der Waals surface area contributed by atoms with E-state index in [1.54, 1.807) is 48.2 Å². The van der Waals surface area contributed by atoms with Gasteiger partial charge in [0.1, 0.15) is 5.75 Å². The van der Waals surface area contributed by atoms with Crippen molar-refractivity contribution in [3.63, 3.8) is 0 Å². The number of carbonyl (C=O) groups is 2. The molecular weight excluding hydrogens is 448 g/mol. The molecule has 3 rings (SSSR count). The Bertz CT molecular complexity index is 1090. The van der Waals surface area contributed by atoms with Gasteiger partial charge in [-0.15, -0.1) is 11.8 Å². The van der Waals surface area contributed by atoms with Gasteiger partial charge in [-0.05, 0) is 59.7 Å². The van der Waals surface area contributed by atoms with E-state index in [0.29, 0.717) is 21.9 Å². The average Bonchev–Trinajstić information content (AvgIpc) is 2.82. The van der Waals surface area contributed by atoms with Crippen LogP contribution in [-0.2, 0) is 15.3 Å². The molecular formula is C24H21ClN2O4S. The highest BCUT2D eigenvalue weighted by Gasteiger charge is 2.05. The zero-order valence-corrected chi connectivity index (χ0v) is 18.9. The Morgan fingerprint density at radius 3 is 2.53 bits per heavy atom. The van der Waals surface area contributed by atoms with E-state index in [0.717, 1.165) is 16.2 Å². The first-order valence-corrected chi connectivity index (χ1v) is 11.0. The minimum atomic E-state index is -0.467. The maximum Gasteiger partial charge on any atom is 0.343 e. The molecule has 0 saturated carbocycles. The second kappa shape index (κ2) is 11.9. The van der Waals surface area contributed by atoms with E-state index in [2.05, 4.69) is 15.3 Å². The van der Waals surface area contributed by atoms with Crippen molar-refractivity contribution in [2.24, 2.45) is 5.10 Å². The molecule has 3 aromatic carbocycles. The van der Waals surface area contributed by atoms with Crippen LogP contribution < -0.4 is 10.2 Å². The van der Waals surface area contributed by atoms with Gasteiger partial charge in [0.15, 0.2) is 6.61 Å². The van der Waals surface area contributed by atoms with Crippen LogP contribution in [0.2, 0.25) is 5.02 Å².